The van der Waals surface area contributed by atoms with Gasteiger partial charge in [-0.15, -0.1) is 10.2 Å². The zero-order valence-corrected chi connectivity index (χ0v) is 13.5. The molecule has 0 unspecified atom stereocenters. The fraction of sp³-hybridized carbons (Fsp3) is 0. The molecule has 0 saturated heterocycles. The number of rotatable bonds is 4. The van der Waals surface area contributed by atoms with E-state index in [1.54, 1.807) is 18.2 Å². The summed E-state index contributed by atoms with van der Waals surface area (Å²) < 4.78 is 0. The minimum absolute atomic E-state index is 0.263. The van der Waals surface area contributed by atoms with Crippen molar-refractivity contribution in [2.75, 3.05) is 5.32 Å². The van der Waals surface area contributed by atoms with Gasteiger partial charge in [0.25, 0.3) is 0 Å². The SMILES string of the molecule is O=C(/C=C/c1cccc(Cl)c1)Nc1nnc(-c2ccccc2)s1. The number of benzene rings is 2. The maximum absolute atomic E-state index is 11.9. The lowest BCUT2D eigenvalue weighted by Crippen LogP contribution is -2.07. The Morgan fingerprint density at radius 1 is 1.09 bits per heavy atom. The molecule has 0 aliphatic heterocycles. The highest BCUT2D eigenvalue weighted by Crippen LogP contribution is 2.25. The van der Waals surface area contributed by atoms with E-state index >= 15 is 0 Å². The maximum Gasteiger partial charge on any atom is 0.250 e. The second kappa shape index (κ2) is 7.17. The third-order valence-corrected chi connectivity index (χ3v) is 4.07. The Kier molecular flexibility index (Phi) is 4.80. The number of halogens is 1. The number of hydrogen-bond donors (Lipinski definition) is 1. The van der Waals surface area contributed by atoms with Gasteiger partial charge in [-0.2, -0.15) is 0 Å². The van der Waals surface area contributed by atoms with Crippen LogP contribution in [-0.2, 0) is 4.79 Å². The normalized spacial score (nSPS) is 10.8. The van der Waals surface area contributed by atoms with Gasteiger partial charge < -0.3 is 0 Å². The second-order valence-electron chi connectivity index (χ2n) is 4.66. The van der Waals surface area contributed by atoms with E-state index < -0.39 is 0 Å². The van der Waals surface area contributed by atoms with Gasteiger partial charge >= 0.3 is 0 Å². The quantitative estimate of drug-likeness (QED) is 0.710. The Labute approximate surface area is 142 Å². The lowest BCUT2D eigenvalue weighted by atomic mass is 10.2. The monoisotopic (exact) mass is 341 g/mol. The van der Waals surface area contributed by atoms with Crippen molar-refractivity contribution in [3.63, 3.8) is 0 Å². The van der Waals surface area contributed by atoms with Crippen LogP contribution in [0.1, 0.15) is 5.56 Å². The van der Waals surface area contributed by atoms with Gasteiger partial charge in [-0.3, -0.25) is 10.1 Å². The summed E-state index contributed by atoms with van der Waals surface area (Å²) in [5.74, 6) is -0.263. The molecule has 4 nitrogen and oxygen atoms in total. The van der Waals surface area contributed by atoms with E-state index in [0.717, 1.165) is 16.1 Å². The van der Waals surface area contributed by atoms with Crippen LogP contribution >= 0.6 is 22.9 Å². The van der Waals surface area contributed by atoms with Gasteiger partial charge in [0.1, 0.15) is 5.01 Å². The van der Waals surface area contributed by atoms with E-state index in [2.05, 4.69) is 15.5 Å². The molecule has 1 amide bonds. The van der Waals surface area contributed by atoms with E-state index in [9.17, 15) is 4.79 Å². The third kappa shape index (κ3) is 4.25. The predicted molar refractivity (Wildman–Crippen MR) is 94.5 cm³/mol. The van der Waals surface area contributed by atoms with Gasteiger partial charge in [-0.1, -0.05) is 65.4 Å². The predicted octanol–water partition coefficient (Wildman–Crippen LogP) is 4.51. The van der Waals surface area contributed by atoms with Crippen LogP contribution in [0.5, 0.6) is 0 Å². The van der Waals surface area contributed by atoms with Crippen molar-refractivity contribution < 1.29 is 4.79 Å². The number of nitrogens with zero attached hydrogens (tertiary/aromatic N) is 2. The van der Waals surface area contributed by atoms with Crippen LogP contribution in [0.15, 0.2) is 60.7 Å². The second-order valence-corrected chi connectivity index (χ2v) is 6.07. The molecule has 1 N–H and O–H groups in total. The fourth-order valence-electron chi connectivity index (χ4n) is 1.90. The Morgan fingerprint density at radius 2 is 1.91 bits per heavy atom. The summed E-state index contributed by atoms with van der Waals surface area (Å²) in [6, 6.07) is 17.0. The van der Waals surface area contributed by atoms with Gasteiger partial charge in [0, 0.05) is 16.7 Å². The smallest absolute Gasteiger partial charge is 0.250 e. The molecule has 0 aliphatic rings. The zero-order chi connectivity index (χ0) is 16.1. The van der Waals surface area contributed by atoms with Crippen molar-refractivity contribution in [3.05, 3.63) is 71.3 Å². The van der Waals surface area contributed by atoms with Gasteiger partial charge in [-0.25, -0.2) is 0 Å². The molecule has 0 radical (unpaired) electrons. The van der Waals surface area contributed by atoms with Crippen molar-refractivity contribution in [1.82, 2.24) is 10.2 Å². The summed E-state index contributed by atoms with van der Waals surface area (Å²) in [6.45, 7) is 0. The molecule has 0 fully saturated rings. The van der Waals surface area contributed by atoms with Crippen molar-refractivity contribution in [2.24, 2.45) is 0 Å². The Bertz CT molecular complexity index is 846. The van der Waals surface area contributed by atoms with Crippen LogP contribution < -0.4 is 5.32 Å². The van der Waals surface area contributed by atoms with Gasteiger partial charge in [0.2, 0.25) is 11.0 Å². The molecule has 3 aromatic rings. The first-order valence-electron chi connectivity index (χ1n) is 6.84. The van der Waals surface area contributed by atoms with Crippen LogP contribution in [0.25, 0.3) is 16.6 Å². The highest BCUT2D eigenvalue weighted by Gasteiger charge is 2.07. The minimum Gasteiger partial charge on any atom is -0.297 e. The number of nitrogens with one attached hydrogen (secondary N) is 1. The summed E-state index contributed by atoms with van der Waals surface area (Å²) in [4.78, 5) is 11.9. The van der Waals surface area contributed by atoms with Gasteiger partial charge in [0.15, 0.2) is 0 Å². The molecular formula is C17H12ClN3OS. The maximum atomic E-state index is 11.9. The van der Waals surface area contributed by atoms with Gasteiger partial charge in [0.05, 0.1) is 0 Å². The Morgan fingerprint density at radius 3 is 2.70 bits per heavy atom. The van der Waals surface area contributed by atoms with Crippen molar-refractivity contribution in [1.29, 1.82) is 0 Å². The lowest BCUT2D eigenvalue weighted by Gasteiger charge is -1.96. The molecule has 0 saturated carbocycles. The van der Waals surface area contributed by atoms with E-state index in [1.807, 2.05) is 42.5 Å². The van der Waals surface area contributed by atoms with Crippen LogP contribution in [0, 0.1) is 0 Å². The van der Waals surface area contributed by atoms with Gasteiger partial charge in [-0.05, 0) is 23.8 Å². The highest BCUT2D eigenvalue weighted by molar-refractivity contribution is 7.18. The zero-order valence-electron chi connectivity index (χ0n) is 11.9. The first-order chi connectivity index (χ1) is 11.2. The average Bonchev–Trinajstić information content (AvgIpc) is 3.02. The van der Waals surface area contributed by atoms with E-state index in [0.29, 0.717) is 10.2 Å². The topological polar surface area (TPSA) is 54.9 Å². The first kappa shape index (κ1) is 15.4. The van der Waals surface area contributed by atoms with Crippen molar-refractivity contribution >= 4 is 40.1 Å². The molecule has 1 aromatic heterocycles. The Balaban J connectivity index is 1.66. The molecule has 0 aliphatic carbocycles. The number of anilines is 1. The lowest BCUT2D eigenvalue weighted by molar-refractivity contribution is -0.111. The van der Waals surface area contributed by atoms with Crippen LogP contribution in [0.4, 0.5) is 5.13 Å². The largest absolute Gasteiger partial charge is 0.297 e. The first-order valence-corrected chi connectivity index (χ1v) is 8.04. The van der Waals surface area contributed by atoms with Crippen LogP contribution in [-0.4, -0.2) is 16.1 Å². The minimum atomic E-state index is -0.263. The molecule has 23 heavy (non-hydrogen) atoms. The number of carbonyl (C=O) groups is 1. The molecule has 0 bridgehead atoms. The highest BCUT2D eigenvalue weighted by atomic mass is 35.5. The molecule has 1 heterocycles. The molecule has 2 aromatic carbocycles. The third-order valence-electron chi connectivity index (χ3n) is 2.95. The number of aromatic nitrogens is 2. The average molecular weight is 342 g/mol. The molecule has 0 spiro atoms. The fourth-order valence-corrected chi connectivity index (χ4v) is 2.85. The molecular weight excluding hydrogens is 330 g/mol. The standard InChI is InChI=1S/C17H12ClN3OS/c18-14-8-4-5-12(11-14)9-10-15(22)19-17-21-20-16(23-17)13-6-2-1-3-7-13/h1-11H,(H,19,21,22)/b10-9+. The van der Waals surface area contributed by atoms with Crippen molar-refractivity contribution in [3.8, 4) is 10.6 Å². The number of carbonyl (C=O) groups excluding carboxylic acids is 1. The molecule has 114 valence electrons. The summed E-state index contributed by atoms with van der Waals surface area (Å²) in [7, 11) is 0. The number of hydrogen-bond acceptors (Lipinski definition) is 4. The summed E-state index contributed by atoms with van der Waals surface area (Å²) in [5, 5.41) is 12.6. The van der Waals surface area contributed by atoms with E-state index in [-0.39, 0.29) is 5.91 Å². The molecule has 3 rings (SSSR count). The summed E-state index contributed by atoms with van der Waals surface area (Å²) in [5.41, 5.74) is 1.83. The van der Waals surface area contributed by atoms with Crippen molar-refractivity contribution in [2.45, 2.75) is 0 Å². The van der Waals surface area contributed by atoms with E-state index in [4.69, 9.17) is 11.6 Å². The summed E-state index contributed by atoms with van der Waals surface area (Å²) >= 11 is 7.23. The van der Waals surface area contributed by atoms with Crippen LogP contribution in [0.2, 0.25) is 5.02 Å². The summed E-state index contributed by atoms with van der Waals surface area (Å²) in [6.07, 6.45) is 3.13. The van der Waals surface area contributed by atoms with Crippen LogP contribution in [0.3, 0.4) is 0 Å². The molecule has 0 atom stereocenters. The van der Waals surface area contributed by atoms with E-state index in [1.165, 1.54) is 17.4 Å². The molecule has 6 heteroatoms. The Hall–Kier alpha value is -2.50. The number of amides is 1.